The van der Waals surface area contributed by atoms with E-state index in [2.05, 4.69) is 72.2 Å². The summed E-state index contributed by atoms with van der Waals surface area (Å²) < 4.78 is 26.6. The Morgan fingerprint density at radius 3 is 1.39 bits per heavy atom. The minimum atomic E-state index is -0.443. The smallest absolute Gasteiger partial charge is 0.262 e. The topological polar surface area (TPSA) is 121 Å². The Kier molecular flexibility index (Phi) is 12.0. The standard InChI is InChI=1S/C58H60N8O4/c1-5-35-33-65-27-23-39(35)29-49(65)55(43-21-25-59-47-19-17-41(67-3)31-45(43)47)69-57-53-54(62-52(38-15-11-8-12-16-38)51(61-53)37-13-9-7-10-14-37)58(64-63-57)70-56(50-30-40-24-28-66(50)34-36(40)6-2)44-22-26-60-48-20-18-42(68-4)32-46(44)48/h7-22,25-26,31-32,35-36,39-40,49-50,55-56H,5-6,23-24,27-30,33-34H2,1-4H3/t35?,36?,39?,40?,49?,50?,55-,56-/m1/s1. The predicted octanol–water partition coefficient (Wildman–Crippen LogP) is 11.3. The van der Waals surface area contributed by atoms with Gasteiger partial charge >= 0.3 is 0 Å². The molecule has 6 aliphatic heterocycles. The first kappa shape index (κ1) is 44.4. The van der Waals surface area contributed by atoms with Crippen molar-refractivity contribution in [1.29, 1.82) is 0 Å². The Bertz CT molecular complexity index is 2970. The van der Waals surface area contributed by atoms with Crippen molar-refractivity contribution >= 4 is 32.8 Å². The Hall–Kier alpha value is -6.76. The zero-order chi connectivity index (χ0) is 47.3. The highest BCUT2D eigenvalue weighted by atomic mass is 16.5. The molecular formula is C58H60N8O4. The SMILES string of the molecule is CCC1CN2CCC1CC2[C@H](Oc1nnc(O[C@H](c2ccnc3ccc(OC)cc23)C2CC3CCN2CC3CC)c2nc(-c3ccccc3)c(-c3ccccc3)nc12)c1ccnc2ccc(OC)cc12. The lowest BCUT2D eigenvalue weighted by Crippen LogP contribution is -2.56. The summed E-state index contributed by atoms with van der Waals surface area (Å²) in [5.74, 6) is 4.65. The van der Waals surface area contributed by atoms with Gasteiger partial charge in [-0.3, -0.25) is 19.8 Å². The maximum Gasteiger partial charge on any atom is 0.262 e. The van der Waals surface area contributed by atoms with Crippen molar-refractivity contribution in [2.45, 2.75) is 76.7 Å². The maximum absolute atomic E-state index is 7.53. The predicted molar refractivity (Wildman–Crippen MR) is 273 cm³/mol. The van der Waals surface area contributed by atoms with Crippen LogP contribution in [0.1, 0.15) is 75.7 Å². The highest BCUT2D eigenvalue weighted by Gasteiger charge is 2.46. The summed E-state index contributed by atoms with van der Waals surface area (Å²) in [6.07, 6.45) is 9.61. The van der Waals surface area contributed by atoms with E-state index >= 15 is 0 Å². The van der Waals surface area contributed by atoms with Crippen LogP contribution in [0, 0.1) is 23.7 Å². The van der Waals surface area contributed by atoms with E-state index in [1.54, 1.807) is 14.2 Å². The van der Waals surface area contributed by atoms with E-state index in [0.717, 1.165) is 119 Å². The van der Waals surface area contributed by atoms with Crippen molar-refractivity contribution in [3.8, 4) is 45.8 Å². The second-order valence-corrected chi connectivity index (χ2v) is 19.8. The number of benzene rings is 4. The molecule has 0 radical (unpaired) electrons. The first-order valence-electron chi connectivity index (χ1n) is 25.3. The van der Waals surface area contributed by atoms with E-state index in [9.17, 15) is 0 Å². The monoisotopic (exact) mass is 932 g/mol. The summed E-state index contributed by atoms with van der Waals surface area (Å²) in [4.78, 5) is 26.1. The van der Waals surface area contributed by atoms with Gasteiger partial charge < -0.3 is 18.9 Å². The van der Waals surface area contributed by atoms with Crippen LogP contribution in [-0.2, 0) is 0 Å². The summed E-state index contributed by atoms with van der Waals surface area (Å²) >= 11 is 0. The number of ether oxygens (including phenoxy) is 4. The first-order valence-corrected chi connectivity index (χ1v) is 25.3. The largest absolute Gasteiger partial charge is 0.497 e. The summed E-state index contributed by atoms with van der Waals surface area (Å²) in [6, 6.07) is 37.0. The highest BCUT2D eigenvalue weighted by Crippen LogP contribution is 2.48. The third-order valence-electron chi connectivity index (χ3n) is 16.3. The van der Waals surface area contributed by atoms with Crippen LogP contribution in [0.3, 0.4) is 0 Å². The molecule has 0 N–H and O–H groups in total. The van der Waals surface area contributed by atoms with Crippen LogP contribution in [0.15, 0.2) is 122 Å². The molecule has 0 saturated carbocycles. The molecule has 0 spiro atoms. The quantitative estimate of drug-likeness (QED) is 0.103. The van der Waals surface area contributed by atoms with Gasteiger partial charge in [-0.25, -0.2) is 9.97 Å². The number of rotatable bonds is 14. The molecule has 8 aromatic rings. The van der Waals surface area contributed by atoms with E-state index < -0.39 is 12.2 Å². The average Bonchev–Trinajstić information content (AvgIpc) is 3.43. The second kappa shape index (κ2) is 18.9. The fraction of sp³-hybridized carbons (Fsp3) is 0.379. The van der Waals surface area contributed by atoms with Crippen LogP contribution in [0.2, 0.25) is 0 Å². The third-order valence-corrected chi connectivity index (χ3v) is 16.3. The average molecular weight is 933 g/mol. The number of hydrogen-bond donors (Lipinski definition) is 0. The fourth-order valence-corrected chi connectivity index (χ4v) is 12.6. The zero-order valence-corrected chi connectivity index (χ0v) is 40.4. The van der Waals surface area contributed by atoms with Gasteiger partial charge in [0.05, 0.1) is 48.7 Å². The molecule has 10 heterocycles. The summed E-state index contributed by atoms with van der Waals surface area (Å²) in [7, 11) is 3.41. The first-order chi connectivity index (χ1) is 34.5. The molecule has 6 fully saturated rings. The zero-order valence-electron chi connectivity index (χ0n) is 40.4. The number of nitrogens with zero attached hydrogens (tertiary/aromatic N) is 8. The highest BCUT2D eigenvalue weighted by molar-refractivity contribution is 5.91. The van der Waals surface area contributed by atoms with Gasteiger partial charge in [-0.2, -0.15) is 0 Å². The van der Waals surface area contributed by atoms with Crippen LogP contribution in [-0.4, -0.2) is 92.4 Å². The van der Waals surface area contributed by atoms with E-state index in [0.29, 0.717) is 46.5 Å². The Labute approximate surface area is 409 Å². The van der Waals surface area contributed by atoms with Crippen molar-refractivity contribution in [3.63, 3.8) is 0 Å². The number of methoxy groups -OCH3 is 2. The normalized spacial score (nSPS) is 24.7. The number of pyridine rings is 2. The van der Waals surface area contributed by atoms with E-state index in [4.69, 9.17) is 49.1 Å². The Morgan fingerprint density at radius 1 is 0.557 bits per heavy atom. The van der Waals surface area contributed by atoms with E-state index in [-0.39, 0.29) is 12.1 Å². The van der Waals surface area contributed by atoms with Gasteiger partial charge in [0.2, 0.25) is 0 Å². The van der Waals surface area contributed by atoms with Crippen LogP contribution in [0.25, 0.3) is 55.4 Å². The fourth-order valence-electron chi connectivity index (χ4n) is 12.6. The molecule has 4 aromatic heterocycles. The van der Waals surface area contributed by atoms with E-state index in [1.165, 1.54) is 12.8 Å². The molecule has 12 heteroatoms. The summed E-state index contributed by atoms with van der Waals surface area (Å²) in [5.41, 5.74) is 8.06. The number of fused-ring (bicyclic) bond motifs is 9. The molecule has 10 atom stereocenters. The van der Waals surface area contributed by atoms with Crippen LogP contribution < -0.4 is 18.9 Å². The molecular weight excluding hydrogens is 873 g/mol. The molecule has 70 heavy (non-hydrogen) atoms. The van der Waals surface area contributed by atoms with Crippen LogP contribution >= 0.6 is 0 Å². The number of aromatic nitrogens is 6. The van der Waals surface area contributed by atoms with E-state index in [1.807, 2.05) is 73.1 Å². The van der Waals surface area contributed by atoms with Gasteiger partial charge in [0.15, 0.2) is 11.0 Å². The minimum absolute atomic E-state index is 0.0698. The molecule has 4 aromatic carbocycles. The second-order valence-electron chi connectivity index (χ2n) is 19.8. The molecule has 356 valence electrons. The van der Waals surface area contributed by atoms with Crippen molar-refractivity contribution in [1.82, 2.24) is 39.9 Å². The van der Waals surface area contributed by atoms with Crippen LogP contribution in [0.4, 0.5) is 0 Å². The van der Waals surface area contributed by atoms with Gasteiger partial charge in [-0.05, 0) is 111 Å². The van der Waals surface area contributed by atoms with Gasteiger partial charge in [-0.15, -0.1) is 10.2 Å². The molecule has 0 aliphatic carbocycles. The molecule has 6 aliphatic rings. The molecule has 8 unspecified atom stereocenters. The minimum Gasteiger partial charge on any atom is -0.497 e. The summed E-state index contributed by atoms with van der Waals surface area (Å²) in [5, 5.41) is 12.1. The molecule has 0 amide bonds. The molecule has 14 rings (SSSR count). The van der Waals surface area contributed by atoms with Crippen molar-refractivity contribution in [2.75, 3.05) is 40.4 Å². The maximum atomic E-state index is 7.53. The summed E-state index contributed by atoms with van der Waals surface area (Å²) in [6.45, 7) is 8.75. The Balaban J connectivity index is 1.06. The van der Waals surface area contributed by atoms with Crippen molar-refractivity contribution < 1.29 is 18.9 Å². The van der Waals surface area contributed by atoms with Gasteiger partial charge in [0.1, 0.15) is 23.7 Å². The molecule has 4 bridgehead atoms. The lowest BCUT2D eigenvalue weighted by Gasteiger charge is -2.52. The number of hydrogen-bond acceptors (Lipinski definition) is 12. The number of piperidine rings is 6. The van der Waals surface area contributed by atoms with Gasteiger partial charge in [0, 0.05) is 58.5 Å². The Morgan fingerprint density at radius 2 is 1.00 bits per heavy atom. The lowest BCUT2D eigenvalue weighted by atomic mass is 9.72. The van der Waals surface area contributed by atoms with Gasteiger partial charge in [-0.1, -0.05) is 87.4 Å². The van der Waals surface area contributed by atoms with Crippen LogP contribution in [0.5, 0.6) is 23.3 Å². The van der Waals surface area contributed by atoms with Crippen molar-refractivity contribution in [2.24, 2.45) is 23.7 Å². The molecule has 12 nitrogen and oxygen atoms in total. The van der Waals surface area contributed by atoms with Crippen molar-refractivity contribution in [3.05, 3.63) is 133 Å². The lowest BCUT2D eigenvalue weighted by molar-refractivity contribution is -0.0505. The van der Waals surface area contributed by atoms with Gasteiger partial charge in [0.25, 0.3) is 11.8 Å². The third kappa shape index (κ3) is 8.04. The molecule has 6 saturated heterocycles.